The van der Waals surface area contributed by atoms with E-state index in [2.05, 4.69) is 5.32 Å². The normalized spacial score (nSPS) is 20.1. The first-order valence-electron chi connectivity index (χ1n) is 9.36. The van der Waals surface area contributed by atoms with Crippen molar-refractivity contribution in [3.05, 3.63) is 0 Å². The third kappa shape index (κ3) is 10.1. The smallest absolute Gasteiger partial charge is 0.111 e. The van der Waals surface area contributed by atoms with Crippen LogP contribution in [0.1, 0.15) is 19.8 Å². The Morgan fingerprint density at radius 3 is 1.89 bits per heavy atom. The summed E-state index contributed by atoms with van der Waals surface area (Å²) in [6.45, 7) is 1.90. The molecule has 0 aliphatic heterocycles. The standard InChI is InChI=1S/C17H38N2O8/c1-11(12(22)4-7-20)13(23)8-19(6-3-5-18-2)9-14(24)16(26)17(27)15(25)10-21/h11-18,20-27H,3-10H2,1-2H3/t11-,12+,13-,14-,15+,16+,17+/m0/s1. The van der Waals surface area contributed by atoms with Crippen molar-refractivity contribution in [3.63, 3.8) is 0 Å². The molecule has 0 aromatic carbocycles. The quantitative estimate of drug-likeness (QED) is 0.117. The molecular formula is C17H38N2O8. The molecule has 0 radical (unpaired) electrons. The second kappa shape index (κ2) is 14.6. The fourth-order valence-electron chi connectivity index (χ4n) is 2.75. The molecule has 9 N–H and O–H groups in total. The number of aliphatic hydroxyl groups is 8. The molecule has 0 amide bonds. The van der Waals surface area contributed by atoms with Crippen molar-refractivity contribution in [2.75, 3.05) is 46.4 Å². The van der Waals surface area contributed by atoms with Gasteiger partial charge in [0.2, 0.25) is 0 Å². The van der Waals surface area contributed by atoms with Gasteiger partial charge in [0, 0.05) is 25.6 Å². The summed E-state index contributed by atoms with van der Waals surface area (Å²) in [5.41, 5.74) is 0. The van der Waals surface area contributed by atoms with Crippen LogP contribution in [0, 0.1) is 5.92 Å². The molecule has 0 aromatic rings. The van der Waals surface area contributed by atoms with Crippen molar-refractivity contribution in [1.82, 2.24) is 10.2 Å². The Morgan fingerprint density at radius 2 is 1.37 bits per heavy atom. The van der Waals surface area contributed by atoms with Gasteiger partial charge in [0.05, 0.1) is 24.9 Å². The van der Waals surface area contributed by atoms with Gasteiger partial charge in [0.1, 0.15) is 18.3 Å². The van der Waals surface area contributed by atoms with E-state index in [0.29, 0.717) is 19.5 Å². The molecule has 0 heterocycles. The monoisotopic (exact) mass is 398 g/mol. The minimum atomic E-state index is -1.71. The largest absolute Gasteiger partial charge is 0.396 e. The molecule has 10 heteroatoms. The average molecular weight is 398 g/mol. The Kier molecular flexibility index (Phi) is 14.4. The van der Waals surface area contributed by atoms with E-state index in [1.165, 1.54) is 0 Å². The van der Waals surface area contributed by atoms with Gasteiger partial charge in [-0.25, -0.2) is 0 Å². The van der Waals surface area contributed by atoms with Gasteiger partial charge in [0.25, 0.3) is 0 Å². The number of aliphatic hydroxyl groups excluding tert-OH is 8. The van der Waals surface area contributed by atoms with E-state index in [1.54, 1.807) is 18.9 Å². The zero-order valence-electron chi connectivity index (χ0n) is 16.2. The second-order valence-corrected chi connectivity index (χ2v) is 7.02. The van der Waals surface area contributed by atoms with Gasteiger partial charge in [0.15, 0.2) is 0 Å². The third-order valence-electron chi connectivity index (χ3n) is 4.76. The minimum absolute atomic E-state index is 0.0834. The van der Waals surface area contributed by atoms with Crippen LogP contribution in [0.4, 0.5) is 0 Å². The maximum atomic E-state index is 10.4. The predicted octanol–water partition coefficient (Wildman–Crippen LogP) is -3.93. The van der Waals surface area contributed by atoms with Crippen molar-refractivity contribution in [2.45, 2.75) is 56.4 Å². The zero-order valence-corrected chi connectivity index (χ0v) is 16.2. The first-order chi connectivity index (χ1) is 12.7. The number of rotatable bonds is 16. The summed E-state index contributed by atoms with van der Waals surface area (Å²) in [4.78, 5) is 1.69. The molecule has 7 atom stereocenters. The molecule has 0 saturated heterocycles. The topological polar surface area (TPSA) is 177 Å². The highest BCUT2D eigenvalue weighted by molar-refractivity contribution is 4.84. The van der Waals surface area contributed by atoms with Crippen LogP contribution >= 0.6 is 0 Å². The molecule has 0 aliphatic carbocycles. The highest BCUT2D eigenvalue weighted by Crippen LogP contribution is 2.14. The number of nitrogens with zero attached hydrogens (tertiary/aromatic N) is 1. The molecule has 0 fully saturated rings. The minimum Gasteiger partial charge on any atom is -0.396 e. The third-order valence-corrected chi connectivity index (χ3v) is 4.76. The molecular weight excluding hydrogens is 360 g/mol. The predicted molar refractivity (Wildman–Crippen MR) is 99.0 cm³/mol. The molecule has 164 valence electrons. The zero-order chi connectivity index (χ0) is 21.0. The lowest BCUT2D eigenvalue weighted by Crippen LogP contribution is -2.51. The van der Waals surface area contributed by atoms with Crippen molar-refractivity contribution < 1.29 is 40.9 Å². The summed E-state index contributed by atoms with van der Waals surface area (Å²) >= 11 is 0. The van der Waals surface area contributed by atoms with Crippen molar-refractivity contribution in [3.8, 4) is 0 Å². The van der Waals surface area contributed by atoms with Crippen molar-refractivity contribution >= 4 is 0 Å². The summed E-state index contributed by atoms with van der Waals surface area (Å²) in [5, 5.41) is 80.3. The lowest BCUT2D eigenvalue weighted by Gasteiger charge is -2.33. The Labute approximate surface area is 160 Å². The number of hydrogen-bond acceptors (Lipinski definition) is 10. The summed E-state index contributed by atoms with van der Waals surface area (Å²) in [6.07, 6.45) is -7.34. The van der Waals surface area contributed by atoms with E-state index in [0.717, 1.165) is 0 Å². The van der Waals surface area contributed by atoms with Gasteiger partial charge in [-0.2, -0.15) is 0 Å². The van der Waals surface area contributed by atoms with E-state index in [-0.39, 0.29) is 26.1 Å². The molecule has 0 rings (SSSR count). The van der Waals surface area contributed by atoms with Crippen LogP contribution in [-0.2, 0) is 0 Å². The van der Waals surface area contributed by atoms with Crippen molar-refractivity contribution in [1.29, 1.82) is 0 Å². The van der Waals surface area contributed by atoms with Crippen molar-refractivity contribution in [2.24, 2.45) is 5.92 Å². The Bertz CT molecular complexity index is 366. The van der Waals surface area contributed by atoms with Crippen LogP contribution in [0.25, 0.3) is 0 Å². The van der Waals surface area contributed by atoms with Gasteiger partial charge >= 0.3 is 0 Å². The molecule has 0 spiro atoms. The van der Waals surface area contributed by atoms with Crippen LogP contribution in [0.2, 0.25) is 0 Å². The summed E-state index contributed by atoms with van der Waals surface area (Å²) < 4.78 is 0. The molecule has 0 saturated carbocycles. The Hall–Kier alpha value is -0.400. The van der Waals surface area contributed by atoms with Crippen LogP contribution < -0.4 is 5.32 Å². The molecule has 10 nitrogen and oxygen atoms in total. The van der Waals surface area contributed by atoms with Crippen LogP contribution in [-0.4, -0.2) is 129 Å². The summed E-state index contributed by atoms with van der Waals surface area (Å²) in [7, 11) is 1.79. The Morgan fingerprint density at radius 1 is 0.815 bits per heavy atom. The SMILES string of the molecule is CNCCCN(C[C@H](O)[C@@H](C)[C@H](O)CCO)C[C@H](O)[C@@H](O)[C@H](O)[C@H](O)CO. The molecule has 0 unspecified atom stereocenters. The first-order valence-corrected chi connectivity index (χ1v) is 9.36. The number of hydrogen-bond donors (Lipinski definition) is 9. The van der Waals surface area contributed by atoms with Gasteiger partial charge in [-0.1, -0.05) is 6.92 Å². The second-order valence-electron chi connectivity index (χ2n) is 7.02. The highest BCUT2D eigenvalue weighted by Gasteiger charge is 2.32. The average Bonchev–Trinajstić information content (AvgIpc) is 2.65. The van der Waals surface area contributed by atoms with E-state index < -0.39 is 49.1 Å². The van der Waals surface area contributed by atoms with E-state index in [1.807, 2.05) is 0 Å². The van der Waals surface area contributed by atoms with E-state index in [9.17, 15) is 30.6 Å². The first kappa shape index (κ1) is 26.6. The maximum Gasteiger partial charge on any atom is 0.111 e. The van der Waals surface area contributed by atoms with Crippen LogP contribution in [0.3, 0.4) is 0 Å². The highest BCUT2D eigenvalue weighted by atomic mass is 16.4. The van der Waals surface area contributed by atoms with Gasteiger partial charge in [-0.05, 0) is 33.0 Å². The number of nitrogens with one attached hydrogen (secondary N) is 1. The summed E-state index contributed by atoms with van der Waals surface area (Å²) in [6, 6.07) is 0. The molecule has 0 aliphatic rings. The fourth-order valence-corrected chi connectivity index (χ4v) is 2.75. The van der Waals surface area contributed by atoms with Crippen LogP contribution in [0.15, 0.2) is 0 Å². The molecule has 0 aromatic heterocycles. The van der Waals surface area contributed by atoms with E-state index >= 15 is 0 Å². The fraction of sp³-hybridized carbons (Fsp3) is 1.00. The molecule has 0 bridgehead atoms. The van der Waals surface area contributed by atoms with Crippen LogP contribution in [0.5, 0.6) is 0 Å². The lowest BCUT2D eigenvalue weighted by atomic mass is 9.95. The van der Waals surface area contributed by atoms with Gasteiger partial charge < -0.3 is 46.2 Å². The Balaban J connectivity index is 4.87. The maximum absolute atomic E-state index is 10.4. The van der Waals surface area contributed by atoms with E-state index in [4.69, 9.17) is 10.2 Å². The van der Waals surface area contributed by atoms with Gasteiger partial charge in [-0.15, -0.1) is 0 Å². The lowest BCUT2D eigenvalue weighted by molar-refractivity contribution is -0.121. The molecule has 27 heavy (non-hydrogen) atoms. The van der Waals surface area contributed by atoms with Gasteiger partial charge in [-0.3, -0.25) is 4.90 Å². The summed E-state index contributed by atoms with van der Waals surface area (Å²) in [5.74, 6) is -0.507.